The maximum absolute atomic E-state index is 5.74. The van der Waals surface area contributed by atoms with Gasteiger partial charge in [-0.1, -0.05) is 5.16 Å². The largest absolute Gasteiger partial charge is 0.399 e. The van der Waals surface area contributed by atoms with Gasteiger partial charge in [0.1, 0.15) is 0 Å². The predicted octanol–water partition coefficient (Wildman–Crippen LogP) is 3.39. The summed E-state index contributed by atoms with van der Waals surface area (Å²) in [5.41, 5.74) is 13.3. The van der Waals surface area contributed by atoms with E-state index in [-0.39, 0.29) is 0 Å². The number of hydrogen-bond acceptors (Lipinski definition) is 6. The fourth-order valence-electron chi connectivity index (χ4n) is 1.67. The standard InChI is InChI=1S/C12H9BrN4OS/c13-7-3-10(19-5-7)11-16-12(18-17-11)6-1-8(14)4-9(15)2-6/h1-5H,14-15H2. The highest BCUT2D eigenvalue weighted by atomic mass is 79.9. The monoisotopic (exact) mass is 336 g/mol. The molecule has 3 aromatic rings. The number of nitrogens with zero attached hydrogens (tertiary/aromatic N) is 2. The Bertz CT molecular complexity index is 717. The van der Waals surface area contributed by atoms with Crippen molar-refractivity contribution in [2.45, 2.75) is 0 Å². The molecule has 0 fully saturated rings. The molecule has 7 heteroatoms. The third-order valence-corrected chi connectivity index (χ3v) is 4.13. The SMILES string of the molecule is Nc1cc(N)cc(-c2nc(-c3cc(Br)cs3)no2)c1. The smallest absolute Gasteiger partial charge is 0.258 e. The van der Waals surface area contributed by atoms with Crippen LogP contribution in [-0.2, 0) is 0 Å². The highest BCUT2D eigenvalue weighted by Gasteiger charge is 2.12. The molecule has 0 spiro atoms. The second kappa shape index (κ2) is 4.67. The Labute approximate surface area is 121 Å². The Morgan fingerprint density at radius 2 is 1.84 bits per heavy atom. The number of nitrogens with two attached hydrogens (primary N) is 2. The fourth-order valence-corrected chi connectivity index (χ4v) is 3.02. The molecule has 0 amide bonds. The van der Waals surface area contributed by atoms with E-state index in [4.69, 9.17) is 16.0 Å². The van der Waals surface area contributed by atoms with Gasteiger partial charge in [-0.2, -0.15) is 4.98 Å². The molecule has 3 rings (SSSR count). The highest BCUT2D eigenvalue weighted by Crippen LogP contribution is 2.30. The summed E-state index contributed by atoms with van der Waals surface area (Å²) in [5.74, 6) is 0.949. The number of rotatable bonds is 2. The van der Waals surface area contributed by atoms with Gasteiger partial charge in [0, 0.05) is 26.8 Å². The topological polar surface area (TPSA) is 91.0 Å². The van der Waals surface area contributed by atoms with Gasteiger partial charge in [-0.25, -0.2) is 0 Å². The van der Waals surface area contributed by atoms with E-state index in [9.17, 15) is 0 Å². The average molecular weight is 337 g/mol. The average Bonchev–Trinajstić information content (AvgIpc) is 2.95. The summed E-state index contributed by atoms with van der Waals surface area (Å²) in [4.78, 5) is 5.28. The number of aromatic nitrogens is 2. The third kappa shape index (κ3) is 2.47. The third-order valence-electron chi connectivity index (χ3n) is 2.44. The lowest BCUT2D eigenvalue weighted by Gasteiger charge is -1.99. The number of hydrogen-bond donors (Lipinski definition) is 2. The number of halogens is 1. The van der Waals surface area contributed by atoms with Gasteiger partial charge >= 0.3 is 0 Å². The van der Waals surface area contributed by atoms with Crippen molar-refractivity contribution in [1.29, 1.82) is 0 Å². The van der Waals surface area contributed by atoms with Gasteiger partial charge in [0.25, 0.3) is 5.89 Å². The molecule has 1 aromatic carbocycles. The lowest BCUT2D eigenvalue weighted by Crippen LogP contribution is -1.91. The van der Waals surface area contributed by atoms with E-state index < -0.39 is 0 Å². The fraction of sp³-hybridized carbons (Fsp3) is 0. The molecule has 4 N–H and O–H groups in total. The first-order valence-electron chi connectivity index (χ1n) is 5.36. The van der Waals surface area contributed by atoms with E-state index in [1.807, 2.05) is 11.4 Å². The van der Waals surface area contributed by atoms with E-state index in [1.54, 1.807) is 18.2 Å². The Balaban J connectivity index is 2.01. The van der Waals surface area contributed by atoms with Crippen LogP contribution >= 0.6 is 27.3 Å². The lowest BCUT2D eigenvalue weighted by atomic mass is 10.2. The first-order chi connectivity index (χ1) is 9.11. The van der Waals surface area contributed by atoms with Crippen LogP contribution in [0, 0.1) is 0 Å². The summed E-state index contributed by atoms with van der Waals surface area (Å²) >= 11 is 4.93. The second-order valence-corrected chi connectivity index (χ2v) is 5.77. The van der Waals surface area contributed by atoms with Crippen molar-refractivity contribution in [1.82, 2.24) is 10.1 Å². The van der Waals surface area contributed by atoms with Gasteiger partial charge in [0.15, 0.2) is 0 Å². The Kier molecular flexibility index (Phi) is 3.00. The molecule has 0 unspecified atom stereocenters. The van der Waals surface area contributed by atoms with Crippen LogP contribution in [0.4, 0.5) is 11.4 Å². The van der Waals surface area contributed by atoms with Crippen LogP contribution < -0.4 is 11.5 Å². The zero-order chi connectivity index (χ0) is 13.4. The van der Waals surface area contributed by atoms with Gasteiger partial charge in [-0.3, -0.25) is 0 Å². The molecule has 0 aliphatic heterocycles. The molecule has 0 aliphatic carbocycles. The molecular weight excluding hydrogens is 328 g/mol. The summed E-state index contributed by atoms with van der Waals surface area (Å²) in [6, 6.07) is 7.11. The molecule has 2 heterocycles. The van der Waals surface area contributed by atoms with Gasteiger partial charge < -0.3 is 16.0 Å². The summed E-state index contributed by atoms with van der Waals surface area (Å²) < 4.78 is 6.24. The zero-order valence-corrected chi connectivity index (χ0v) is 12.0. The Morgan fingerprint density at radius 1 is 1.11 bits per heavy atom. The quantitative estimate of drug-likeness (QED) is 0.700. The molecule has 0 saturated heterocycles. The van der Waals surface area contributed by atoms with E-state index in [0.717, 1.165) is 9.35 Å². The van der Waals surface area contributed by atoms with Crippen LogP contribution in [0.2, 0.25) is 0 Å². The second-order valence-electron chi connectivity index (χ2n) is 3.94. The van der Waals surface area contributed by atoms with Crippen molar-refractivity contribution in [3.63, 3.8) is 0 Å². The maximum atomic E-state index is 5.74. The summed E-state index contributed by atoms with van der Waals surface area (Å²) in [5, 5.41) is 5.92. The van der Waals surface area contributed by atoms with Crippen LogP contribution in [0.1, 0.15) is 0 Å². The van der Waals surface area contributed by atoms with Crippen LogP contribution in [0.3, 0.4) is 0 Å². The zero-order valence-electron chi connectivity index (χ0n) is 9.63. The molecule has 5 nitrogen and oxygen atoms in total. The van der Waals surface area contributed by atoms with Crippen LogP contribution in [0.25, 0.3) is 22.2 Å². The van der Waals surface area contributed by atoms with Crippen molar-refractivity contribution in [3.8, 4) is 22.2 Å². The number of thiophene rings is 1. The molecule has 0 saturated carbocycles. The number of nitrogen functional groups attached to an aromatic ring is 2. The summed E-state index contributed by atoms with van der Waals surface area (Å²) in [6.07, 6.45) is 0. The molecule has 0 bridgehead atoms. The number of anilines is 2. The van der Waals surface area contributed by atoms with Crippen molar-refractivity contribution >= 4 is 38.6 Å². The van der Waals surface area contributed by atoms with Crippen molar-refractivity contribution in [3.05, 3.63) is 34.1 Å². The van der Waals surface area contributed by atoms with Gasteiger partial charge in [0.2, 0.25) is 5.82 Å². The highest BCUT2D eigenvalue weighted by molar-refractivity contribution is 9.10. The first-order valence-corrected chi connectivity index (χ1v) is 7.03. The lowest BCUT2D eigenvalue weighted by molar-refractivity contribution is 0.432. The minimum atomic E-state index is 0.401. The first kappa shape index (κ1) is 12.2. The maximum Gasteiger partial charge on any atom is 0.258 e. The Morgan fingerprint density at radius 3 is 2.47 bits per heavy atom. The van der Waals surface area contributed by atoms with E-state index in [2.05, 4.69) is 26.1 Å². The summed E-state index contributed by atoms with van der Waals surface area (Å²) in [7, 11) is 0. The van der Waals surface area contributed by atoms with Crippen LogP contribution in [0.5, 0.6) is 0 Å². The predicted molar refractivity (Wildman–Crippen MR) is 79.6 cm³/mol. The van der Waals surface area contributed by atoms with Gasteiger partial charge in [0.05, 0.1) is 4.88 Å². The van der Waals surface area contributed by atoms with E-state index in [1.165, 1.54) is 11.3 Å². The molecule has 0 radical (unpaired) electrons. The minimum Gasteiger partial charge on any atom is -0.399 e. The van der Waals surface area contributed by atoms with Gasteiger partial charge in [-0.05, 0) is 40.2 Å². The molecule has 0 aliphatic rings. The van der Waals surface area contributed by atoms with Crippen LogP contribution in [-0.4, -0.2) is 10.1 Å². The van der Waals surface area contributed by atoms with E-state index >= 15 is 0 Å². The molecular formula is C12H9BrN4OS. The van der Waals surface area contributed by atoms with Crippen molar-refractivity contribution < 1.29 is 4.52 Å². The molecule has 0 atom stereocenters. The molecule has 19 heavy (non-hydrogen) atoms. The van der Waals surface area contributed by atoms with Gasteiger partial charge in [-0.15, -0.1) is 11.3 Å². The minimum absolute atomic E-state index is 0.401. The molecule has 2 aromatic heterocycles. The van der Waals surface area contributed by atoms with E-state index in [0.29, 0.717) is 28.7 Å². The number of benzene rings is 1. The van der Waals surface area contributed by atoms with Crippen LogP contribution in [0.15, 0.2) is 38.6 Å². The van der Waals surface area contributed by atoms with Crippen molar-refractivity contribution in [2.75, 3.05) is 11.5 Å². The van der Waals surface area contributed by atoms with Crippen molar-refractivity contribution in [2.24, 2.45) is 0 Å². The molecule has 96 valence electrons. The normalized spacial score (nSPS) is 10.8. The summed E-state index contributed by atoms with van der Waals surface area (Å²) in [6.45, 7) is 0. The Hall–Kier alpha value is -1.86.